The molecule has 3 rings (SSSR count). The van der Waals surface area contributed by atoms with E-state index in [4.69, 9.17) is 4.74 Å². The number of carbonyl (C=O) groups excluding carboxylic acids is 1. The van der Waals surface area contributed by atoms with Crippen LogP contribution in [-0.2, 0) is 4.79 Å². The van der Waals surface area contributed by atoms with E-state index in [0.29, 0.717) is 0 Å². The van der Waals surface area contributed by atoms with Crippen LogP contribution in [0.5, 0.6) is 5.75 Å². The maximum atomic E-state index is 12.2. The third-order valence-electron chi connectivity index (χ3n) is 4.20. The Hall–Kier alpha value is -1.55. The molecule has 1 aliphatic heterocycles. The molecule has 2 N–H and O–H groups in total. The van der Waals surface area contributed by atoms with Crippen LogP contribution in [0.2, 0.25) is 0 Å². The van der Waals surface area contributed by atoms with Crippen molar-refractivity contribution in [3.05, 3.63) is 29.8 Å². The van der Waals surface area contributed by atoms with Crippen molar-refractivity contribution in [1.82, 2.24) is 10.6 Å². The molecule has 1 saturated carbocycles. The van der Waals surface area contributed by atoms with Crippen LogP contribution in [0.25, 0.3) is 0 Å². The monoisotopic (exact) mass is 290 g/mol. The molecule has 1 heterocycles. The van der Waals surface area contributed by atoms with Gasteiger partial charge in [0.25, 0.3) is 0 Å². The average Bonchev–Trinajstić information content (AvgIpc) is 2.86. The highest BCUT2D eigenvalue weighted by atomic mass is 16.5. The summed E-state index contributed by atoms with van der Waals surface area (Å²) in [6.07, 6.45) is 5.70. The average molecular weight is 290 g/mol. The Bertz CT molecular complexity index is 464. The summed E-state index contributed by atoms with van der Waals surface area (Å²) in [5.41, 5.74) is 0.834. The number of nitrogens with one attached hydrogen (secondary N) is 2. The van der Waals surface area contributed by atoms with Crippen LogP contribution >= 0.6 is 0 Å². The minimum atomic E-state index is -0.232. The fraction of sp³-hybridized carbons (Fsp3) is 0.588. The van der Waals surface area contributed by atoms with Crippen LogP contribution in [0.1, 0.15) is 57.6 Å². The Morgan fingerprint density at radius 1 is 1.10 bits per heavy atom. The third-order valence-corrected chi connectivity index (χ3v) is 4.20. The molecule has 2 fully saturated rings. The number of hydrogen-bond acceptors (Lipinski definition) is 3. The lowest BCUT2D eigenvalue weighted by Gasteiger charge is -2.33. The van der Waals surface area contributed by atoms with Gasteiger partial charge in [-0.3, -0.25) is 10.1 Å². The van der Waals surface area contributed by atoms with Crippen molar-refractivity contribution in [3.63, 3.8) is 0 Å². The van der Waals surface area contributed by atoms with Gasteiger partial charge >= 0.3 is 0 Å². The second-order valence-corrected chi connectivity index (χ2v) is 5.48. The first-order chi connectivity index (χ1) is 10.2. The summed E-state index contributed by atoms with van der Waals surface area (Å²) in [6.45, 7) is 4.00. The minimum Gasteiger partial charge on any atom is -0.497 e. The Labute approximate surface area is 127 Å². The van der Waals surface area contributed by atoms with Gasteiger partial charge in [-0.15, -0.1) is 0 Å². The van der Waals surface area contributed by atoms with E-state index in [1.165, 1.54) is 19.3 Å². The Balaban J connectivity index is 0.000000774. The molecular weight excluding hydrogens is 264 g/mol. The van der Waals surface area contributed by atoms with E-state index in [9.17, 15) is 4.79 Å². The second-order valence-electron chi connectivity index (χ2n) is 5.48. The predicted octanol–water partition coefficient (Wildman–Crippen LogP) is 3.14. The number of rotatable bonds is 2. The van der Waals surface area contributed by atoms with Gasteiger partial charge in [0.15, 0.2) is 0 Å². The molecule has 1 aromatic rings. The minimum absolute atomic E-state index is 0.0899. The molecule has 1 amide bonds. The largest absolute Gasteiger partial charge is 0.497 e. The van der Waals surface area contributed by atoms with Gasteiger partial charge in [0, 0.05) is 0 Å². The highest BCUT2D eigenvalue weighted by Crippen LogP contribution is 2.33. The summed E-state index contributed by atoms with van der Waals surface area (Å²) >= 11 is 0. The fourth-order valence-electron chi connectivity index (χ4n) is 3.14. The van der Waals surface area contributed by atoms with E-state index in [2.05, 4.69) is 10.6 Å². The van der Waals surface area contributed by atoms with Crippen LogP contribution in [0.4, 0.5) is 0 Å². The topological polar surface area (TPSA) is 50.4 Å². The van der Waals surface area contributed by atoms with Crippen LogP contribution in [0, 0.1) is 0 Å². The fourth-order valence-corrected chi connectivity index (χ4v) is 3.14. The normalized spacial score (nSPS) is 23.2. The number of carbonyl (C=O) groups is 1. The number of amides is 1. The zero-order chi connectivity index (χ0) is 15.3. The van der Waals surface area contributed by atoms with Crippen LogP contribution in [-0.4, -0.2) is 18.7 Å². The van der Waals surface area contributed by atoms with Crippen molar-refractivity contribution in [2.45, 2.75) is 57.7 Å². The lowest BCUT2D eigenvalue weighted by atomic mass is 9.89. The van der Waals surface area contributed by atoms with E-state index < -0.39 is 0 Å². The van der Waals surface area contributed by atoms with Crippen molar-refractivity contribution in [3.8, 4) is 5.75 Å². The second kappa shape index (κ2) is 6.94. The van der Waals surface area contributed by atoms with Crippen LogP contribution in [0.3, 0.4) is 0 Å². The predicted molar refractivity (Wildman–Crippen MR) is 84.2 cm³/mol. The zero-order valence-corrected chi connectivity index (χ0v) is 13.2. The molecule has 1 aromatic carbocycles. The molecule has 1 spiro atoms. The van der Waals surface area contributed by atoms with Gasteiger partial charge in [-0.25, -0.2) is 0 Å². The van der Waals surface area contributed by atoms with Crippen LogP contribution in [0.15, 0.2) is 24.3 Å². The first kappa shape index (κ1) is 15.8. The van der Waals surface area contributed by atoms with Gasteiger partial charge in [0.2, 0.25) is 5.91 Å². The Kier molecular flexibility index (Phi) is 5.23. The van der Waals surface area contributed by atoms with Gasteiger partial charge < -0.3 is 10.1 Å². The summed E-state index contributed by atoms with van der Waals surface area (Å²) in [5.74, 6) is 0.904. The standard InChI is InChI=1S/C15H20N2O2.C2H6/c1-19-12-7-5-11(6-8-12)13-14(18)17-15(16-13)9-3-2-4-10-15;1-2/h5-8,13,16H,2-4,9-10H2,1H3,(H,17,18);1-2H3. The molecule has 116 valence electrons. The molecular formula is C17H26N2O2. The molecule has 0 bridgehead atoms. The van der Waals surface area contributed by atoms with E-state index in [-0.39, 0.29) is 17.6 Å². The first-order valence-corrected chi connectivity index (χ1v) is 7.96. The molecule has 4 nitrogen and oxygen atoms in total. The molecule has 0 aromatic heterocycles. The molecule has 1 aliphatic carbocycles. The first-order valence-electron chi connectivity index (χ1n) is 7.96. The van der Waals surface area contributed by atoms with E-state index in [1.54, 1.807) is 7.11 Å². The smallest absolute Gasteiger partial charge is 0.243 e. The summed E-state index contributed by atoms with van der Waals surface area (Å²) < 4.78 is 5.15. The number of benzene rings is 1. The third kappa shape index (κ3) is 3.38. The van der Waals surface area contributed by atoms with Crippen molar-refractivity contribution in [2.24, 2.45) is 0 Å². The summed E-state index contributed by atoms with van der Waals surface area (Å²) in [6, 6.07) is 7.48. The van der Waals surface area contributed by atoms with Crippen LogP contribution < -0.4 is 15.4 Å². The molecule has 1 unspecified atom stereocenters. The molecule has 0 radical (unpaired) electrons. The quantitative estimate of drug-likeness (QED) is 0.879. The summed E-state index contributed by atoms with van der Waals surface area (Å²) in [5, 5.41) is 6.67. The molecule has 21 heavy (non-hydrogen) atoms. The van der Waals surface area contributed by atoms with Gasteiger partial charge in [-0.2, -0.15) is 0 Å². The summed E-state index contributed by atoms with van der Waals surface area (Å²) in [4.78, 5) is 12.2. The number of ether oxygens (including phenoxy) is 1. The van der Waals surface area contributed by atoms with Gasteiger partial charge in [-0.05, 0) is 43.4 Å². The Morgan fingerprint density at radius 3 is 2.29 bits per heavy atom. The van der Waals surface area contributed by atoms with Crippen molar-refractivity contribution >= 4 is 5.91 Å². The lowest BCUT2D eigenvalue weighted by molar-refractivity contribution is -0.121. The SMILES string of the molecule is CC.COc1ccc(C2NC3(CCCCC3)NC2=O)cc1. The number of hydrogen-bond donors (Lipinski definition) is 2. The van der Waals surface area contributed by atoms with Gasteiger partial charge in [-0.1, -0.05) is 32.4 Å². The van der Waals surface area contributed by atoms with Gasteiger partial charge in [0.05, 0.1) is 12.8 Å². The summed E-state index contributed by atoms with van der Waals surface area (Å²) in [7, 11) is 1.65. The van der Waals surface area contributed by atoms with Crippen molar-refractivity contribution < 1.29 is 9.53 Å². The highest BCUT2D eigenvalue weighted by molar-refractivity contribution is 5.86. The molecule has 4 heteroatoms. The van der Waals surface area contributed by atoms with Crippen molar-refractivity contribution in [1.29, 1.82) is 0 Å². The lowest BCUT2D eigenvalue weighted by Crippen LogP contribution is -2.51. The van der Waals surface area contributed by atoms with Gasteiger partial charge in [0.1, 0.15) is 11.8 Å². The van der Waals surface area contributed by atoms with E-state index >= 15 is 0 Å². The molecule has 1 atom stereocenters. The van der Waals surface area contributed by atoms with Crippen molar-refractivity contribution in [2.75, 3.05) is 7.11 Å². The molecule has 2 aliphatic rings. The number of methoxy groups -OCH3 is 1. The zero-order valence-electron chi connectivity index (χ0n) is 13.2. The van der Waals surface area contributed by atoms with E-state index in [0.717, 1.165) is 24.2 Å². The highest BCUT2D eigenvalue weighted by Gasteiger charge is 2.44. The van der Waals surface area contributed by atoms with E-state index in [1.807, 2.05) is 38.1 Å². The maximum absolute atomic E-state index is 12.2. The Morgan fingerprint density at radius 2 is 1.71 bits per heavy atom. The maximum Gasteiger partial charge on any atom is 0.243 e. The molecule has 1 saturated heterocycles.